The van der Waals surface area contributed by atoms with Gasteiger partial charge in [-0.2, -0.15) is 0 Å². The second kappa shape index (κ2) is 7.75. The summed E-state index contributed by atoms with van der Waals surface area (Å²) in [7, 11) is -2.66. The quantitative estimate of drug-likeness (QED) is 0.424. The van der Waals surface area contributed by atoms with E-state index in [-0.39, 0.29) is 17.2 Å². The molecule has 2 aromatic carbocycles. The first kappa shape index (κ1) is 20.4. The van der Waals surface area contributed by atoms with Gasteiger partial charge in [0, 0.05) is 18.7 Å². The maximum Gasteiger partial charge on any atom is 0.338 e. The van der Waals surface area contributed by atoms with Crippen molar-refractivity contribution in [2.24, 2.45) is 0 Å². The van der Waals surface area contributed by atoms with E-state index < -0.39 is 20.9 Å². The standard InChI is InChI=1S/C18H20N2O6S/c1-5-26-18(21)14-7-9-16(13(3)10-14)19(4)27(24,25)15-8-6-12(2)17(11-15)20(22)23/h6-11H,5H2,1-4H3. The number of hydrogen-bond donors (Lipinski definition) is 0. The summed E-state index contributed by atoms with van der Waals surface area (Å²) in [4.78, 5) is 22.1. The molecule has 2 aromatic rings. The van der Waals surface area contributed by atoms with E-state index in [4.69, 9.17) is 4.74 Å². The maximum absolute atomic E-state index is 12.9. The van der Waals surface area contributed by atoms with E-state index in [0.717, 1.165) is 10.4 Å². The fraction of sp³-hybridized carbons (Fsp3) is 0.278. The summed E-state index contributed by atoms with van der Waals surface area (Å²) in [6.45, 7) is 5.14. The Bertz CT molecular complexity index is 1000. The van der Waals surface area contributed by atoms with Gasteiger partial charge in [0.1, 0.15) is 0 Å². The van der Waals surface area contributed by atoms with Crippen LogP contribution in [0, 0.1) is 24.0 Å². The summed E-state index contributed by atoms with van der Waals surface area (Å²) in [5.41, 5.74) is 1.32. The van der Waals surface area contributed by atoms with Crippen LogP contribution in [-0.2, 0) is 14.8 Å². The maximum atomic E-state index is 12.9. The molecule has 0 atom stereocenters. The minimum atomic E-state index is -4.02. The molecule has 8 nitrogen and oxygen atoms in total. The van der Waals surface area contributed by atoms with Gasteiger partial charge in [-0.3, -0.25) is 14.4 Å². The average molecular weight is 392 g/mol. The van der Waals surface area contributed by atoms with Crippen LogP contribution in [0.25, 0.3) is 0 Å². The molecule has 2 rings (SSSR count). The van der Waals surface area contributed by atoms with Crippen LogP contribution in [0.15, 0.2) is 41.3 Å². The van der Waals surface area contributed by atoms with Gasteiger partial charge in [-0.1, -0.05) is 6.07 Å². The average Bonchev–Trinajstić information content (AvgIpc) is 2.61. The minimum Gasteiger partial charge on any atom is -0.462 e. The fourth-order valence-corrected chi connectivity index (χ4v) is 3.86. The third-order valence-electron chi connectivity index (χ3n) is 4.08. The number of nitrogens with zero attached hydrogens (tertiary/aromatic N) is 2. The summed E-state index contributed by atoms with van der Waals surface area (Å²) in [6, 6.07) is 8.29. The van der Waals surface area contributed by atoms with Crippen molar-refractivity contribution in [3.63, 3.8) is 0 Å². The highest BCUT2D eigenvalue weighted by atomic mass is 32.2. The zero-order valence-electron chi connectivity index (χ0n) is 15.4. The number of carbonyl (C=O) groups is 1. The number of ether oxygens (including phenoxy) is 1. The molecule has 0 aliphatic heterocycles. The van der Waals surface area contributed by atoms with Crippen molar-refractivity contribution in [3.05, 3.63) is 63.2 Å². The van der Waals surface area contributed by atoms with Gasteiger partial charge in [0.05, 0.1) is 27.7 Å². The first-order valence-electron chi connectivity index (χ1n) is 8.11. The largest absolute Gasteiger partial charge is 0.462 e. The number of aryl methyl sites for hydroxylation is 2. The highest BCUT2D eigenvalue weighted by Crippen LogP contribution is 2.29. The zero-order valence-corrected chi connectivity index (χ0v) is 16.2. The number of carbonyl (C=O) groups excluding carboxylic acids is 1. The molecule has 0 saturated heterocycles. The number of hydrogen-bond acceptors (Lipinski definition) is 6. The second-order valence-electron chi connectivity index (χ2n) is 5.90. The van der Waals surface area contributed by atoms with Crippen LogP contribution in [0.3, 0.4) is 0 Å². The predicted molar refractivity (Wildman–Crippen MR) is 101 cm³/mol. The SMILES string of the molecule is CCOC(=O)c1ccc(N(C)S(=O)(=O)c2ccc(C)c([N+](=O)[O-])c2)c(C)c1. The smallest absolute Gasteiger partial charge is 0.338 e. The highest BCUT2D eigenvalue weighted by Gasteiger charge is 2.26. The zero-order chi connectivity index (χ0) is 20.4. The Labute approximate surface area is 157 Å². The van der Waals surface area contributed by atoms with Gasteiger partial charge in [-0.25, -0.2) is 13.2 Å². The van der Waals surface area contributed by atoms with Crippen molar-refractivity contribution < 1.29 is 22.9 Å². The number of rotatable bonds is 6. The summed E-state index contributed by atoms with van der Waals surface area (Å²) < 4.78 is 31.8. The van der Waals surface area contributed by atoms with Crippen LogP contribution in [0.5, 0.6) is 0 Å². The molecule has 9 heteroatoms. The number of nitro benzene ring substituents is 1. The summed E-state index contributed by atoms with van der Waals surface area (Å²) in [5, 5.41) is 11.1. The minimum absolute atomic E-state index is 0.184. The summed E-state index contributed by atoms with van der Waals surface area (Å²) in [5.74, 6) is -0.494. The molecule has 27 heavy (non-hydrogen) atoms. The Morgan fingerprint density at radius 1 is 1.15 bits per heavy atom. The molecule has 144 valence electrons. The molecule has 0 amide bonds. The molecule has 0 N–H and O–H groups in total. The number of nitro groups is 1. The van der Waals surface area contributed by atoms with Crippen LogP contribution in [0.1, 0.15) is 28.4 Å². The van der Waals surface area contributed by atoms with Gasteiger partial charge in [0.25, 0.3) is 15.7 Å². The lowest BCUT2D eigenvalue weighted by Gasteiger charge is -2.22. The lowest BCUT2D eigenvalue weighted by Crippen LogP contribution is -2.27. The van der Waals surface area contributed by atoms with E-state index in [2.05, 4.69) is 0 Å². The van der Waals surface area contributed by atoms with E-state index in [0.29, 0.717) is 22.4 Å². The monoisotopic (exact) mass is 392 g/mol. The molecule has 0 aliphatic carbocycles. The van der Waals surface area contributed by atoms with Gasteiger partial charge in [-0.05, 0) is 50.6 Å². The second-order valence-corrected chi connectivity index (χ2v) is 7.87. The van der Waals surface area contributed by atoms with Crippen molar-refractivity contribution in [2.45, 2.75) is 25.7 Å². The molecular weight excluding hydrogens is 372 g/mol. The normalized spacial score (nSPS) is 11.1. The molecule has 0 spiro atoms. The van der Waals surface area contributed by atoms with E-state index in [1.54, 1.807) is 13.8 Å². The number of sulfonamides is 1. The number of benzene rings is 2. The molecule has 0 fully saturated rings. The Balaban J connectivity index is 2.44. The van der Waals surface area contributed by atoms with E-state index in [1.807, 2.05) is 0 Å². The van der Waals surface area contributed by atoms with Crippen molar-refractivity contribution in [3.8, 4) is 0 Å². The van der Waals surface area contributed by atoms with Crippen LogP contribution in [0.4, 0.5) is 11.4 Å². The Morgan fingerprint density at radius 2 is 1.81 bits per heavy atom. The van der Waals surface area contributed by atoms with Crippen LogP contribution < -0.4 is 4.31 Å². The van der Waals surface area contributed by atoms with Crippen molar-refractivity contribution >= 4 is 27.4 Å². The lowest BCUT2D eigenvalue weighted by atomic mass is 10.1. The van der Waals surface area contributed by atoms with Gasteiger partial charge < -0.3 is 4.74 Å². The van der Waals surface area contributed by atoms with E-state index in [9.17, 15) is 23.3 Å². The topological polar surface area (TPSA) is 107 Å². The van der Waals surface area contributed by atoms with Crippen LogP contribution >= 0.6 is 0 Å². The van der Waals surface area contributed by atoms with Gasteiger partial charge >= 0.3 is 5.97 Å². The van der Waals surface area contributed by atoms with Gasteiger partial charge in [0.15, 0.2) is 0 Å². The predicted octanol–water partition coefficient (Wildman–Crippen LogP) is 3.21. The summed E-state index contributed by atoms with van der Waals surface area (Å²) >= 11 is 0. The first-order chi connectivity index (χ1) is 12.6. The molecular formula is C18H20N2O6S. The molecule has 0 bridgehead atoms. The summed E-state index contributed by atoms with van der Waals surface area (Å²) in [6.07, 6.45) is 0. The Kier molecular flexibility index (Phi) is 5.85. The highest BCUT2D eigenvalue weighted by molar-refractivity contribution is 7.92. The molecule has 0 aromatic heterocycles. The molecule has 0 aliphatic rings. The first-order valence-corrected chi connectivity index (χ1v) is 9.55. The van der Waals surface area contributed by atoms with Crippen molar-refractivity contribution in [1.82, 2.24) is 0 Å². The third-order valence-corrected chi connectivity index (χ3v) is 5.85. The third kappa shape index (κ3) is 4.08. The van der Waals surface area contributed by atoms with Crippen LogP contribution in [0.2, 0.25) is 0 Å². The molecule has 0 saturated carbocycles. The number of esters is 1. The van der Waals surface area contributed by atoms with Crippen LogP contribution in [-0.4, -0.2) is 33.0 Å². The fourth-order valence-electron chi connectivity index (χ4n) is 2.58. The molecule has 0 heterocycles. The van der Waals surface area contributed by atoms with E-state index in [1.165, 1.54) is 44.3 Å². The molecule has 0 unspecified atom stereocenters. The lowest BCUT2D eigenvalue weighted by molar-refractivity contribution is -0.385. The van der Waals surface area contributed by atoms with Crippen molar-refractivity contribution in [2.75, 3.05) is 18.0 Å². The van der Waals surface area contributed by atoms with Gasteiger partial charge in [-0.15, -0.1) is 0 Å². The molecule has 0 radical (unpaired) electrons. The van der Waals surface area contributed by atoms with Crippen molar-refractivity contribution in [1.29, 1.82) is 0 Å². The van der Waals surface area contributed by atoms with Gasteiger partial charge in [0.2, 0.25) is 0 Å². The Hall–Kier alpha value is -2.94. The Morgan fingerprint density at radius 3 is 2.37 bits per heavy atom. The number of anilines is 1. The van der Waals surface area contributed by atoms with E-state index >= 15 is 0 Å².